The van der Waals surface area contributed by atoms with Gasteiger partial charge in [-0.05, 0) is 18.2 Å². The Bertz CT molecular complexity index is 657. The molecule has 0 aliphatic rings. The molecule has 0 heterocycles. The van der Waals surface area contributed by atoms with Crippen molar-refractivity contribution in [3.63, 3.8) is 0 Å². The summed E-state index contributed by atoms with van der Waals surface area (Å²) in [5.74, 6) is 6.09. The predicted octanol–water partition coefficient (Wildman–Crippen LogP) is 3.92. The minimum Gasteiger partial charge on any atom is -0.488 e. The van der Waals surface area contributed by atoms with E-state index in [-0.39, 0.29) is 6.61 Å². The first-order valence-electron chi connectivity index (χ1n) is 5.97. The molecule has 2 nitrogen and oxygen atoms in total. The van der Waals surface area contributed by atoms with Crippen molar-refractivity contribution in [2.45, 2.75) is 6.61 Å². The Morgan fingerprint density at radius 2 is 1.85 bits per heavy atom. The van der Waals surface area contributed by atoms with Gasteiger partial charge in [-0.3, -0.25) is 0 Å². The highest BCUT2D eigenvalue weighted by Crippen LogP contribution is 2.27. The molecule has 0 unspecified atom stereocenters. The van der Waals surface area contributed by atoms with E-state index in [0.717, 1.165) is 11.1 Å². The highest BCUT2D eigenvalue weighted by atomic mass is 35.5. The van der Waals surface area contributed by atoms with E-state index >= 15 is 0 Å². The van der Waals surface area contributed by atoms with Crippen molar-refractivity contribution in [1.29, 1.82) is 0 Å². The van der Waals surface area contributed by atoms with E-state index in [1.165, 1.54) is 0 Å². The summed E-state index contributed by atoms with van der Waals surface area (Å²) in [6, 6.07) is 12.8. The van der Waals surface area contributed by atoms with Crippen LogP contribution in [0.5, 0.6) is 5.75 Å². The molecular formula is C16H12Cl2O2. The molecule has 0 amide bonds. The Kier molecular flexibility index (Phi) is 5.31. The summed E-state index contributed by atoms with van der Waals surface area (Å²) in [5.41, 5.74) is 1.53. The molecule has 102 valence electrons. The van der Waals surface area contributed by atoms with Crippen LogP contribution in [-0.4, -0.2) is 11.7 Å². The largest absolute Gasteiger partial charge is 0.488 e. The molecule has 0 aromatic heterocycles. The third-order valence-electron chi connectivity index (χ3n) is 2.60. The second-order valence-electron chi connectivity index (χ2n) is 3.96. The molecular weight excluding hydrogens is 295 g/mol. The summed E-state index contributed by atoms with van der Waals surface area (Å²) in [6.07, 6.45) is 0. The van der Waals surface area contributed by atoms with Crippen LogP contribution in [0.4, 0.5) is 0 Å². The number of benzene rings is 2. The van der Waals surface area contributed by atoms with Crippen LogP contribution in [0.15, 0.2) is 42.5 Å². The van der Waals surface area contributed by atoms with Crippen LogP contribution in [0.2, 0.25) is 10.0 Å². The topological polar surface area (TPSA) is 29.5 Å². The summed E-state index contributed by atoms with van der Waals surface area (Å²) in [4.78, 5) is 0. The van der Waals surface area contributed by atoms with Gasteiger partial charge in [0.2, 0.25) is 0 Å². The molecule has 0 radical (unpaired) electrons. The first kappa shape index (κ1) is 14.7. The Morgan fingerprint density at radius 1 is 1.05 bits per heavy atom. The van der Waals surface area contributed by atoms with Gasteiger partial charge in [-0.15, -0.1) is 0 Å². The van der Waals surface area contributed by atoms with Crippen molar-refractivity contribution < 1.29 is 9.84 Å². The van der Waals surface area contributed by atoms with Crippen LogP contribution in [0, 0.1) is 11.8 Å². The van der Waals surface area contributed by atoms with Crippen LogP contribution < -0.4 is 4.74 Å². The zero-order valence-corrected chi connectivity index (χ0v) is 12.1. The first-order valence-corrected chi connectivity index (χ1v) is 6.72. The Morgan fingerprint density at radius 3 is 2.65 bits per heavy atom. The number of para-hydroxylation sites is 1. The third-order valence-corrected chi connectivity index (χ3v) is 3.46. The Hall–Kier alpha value is -1.66. The number of rotatable bonds is 3. The van der Waals surface area contributed by atoms with E-state index in [1.807, 2.05) is 36.4 Å². The van der Waals surface area contributed by atoms with Gasteiger partial charge in [0.25, 0.3) is 0 Å². The van der Waals surface area contributed by atoms with Crippen molar-refractivity contribution in [3.05, 3.63) is 63.6 Å². The zero-order valence-electron chi connectivity index (χ0n) is 10.6. The molecule has 0 saturated carbocycles. The van der Waals surface area contributed by atoms with Gasteiger partial charge in [0.05, 0.1) is 15.6 Å². The molecule has 0 spiro atoms. The maximum atomic E-state index is 8.75. The Labute approximate surface area is 127 Å². The fraction of sp³-hybridized carbons (Fsp3) is 0.125. The summed E-state index contributed by atoms with van der Waals surface area (Å²) in [5, 5.41) is 9.74. The SMILES string of the molecule is OCC#Cc1ccccc1OCc1cccc(Cl)c1Cl. The number of halogens is 2. The molecule has 0 atom stereocenters. The van der Waals surface area contributed by atoms with Crippen LogP contribution in [0.1, 0.15) is 11.1 Å². The van der Waals surface area contributed by atoms with Gasteiger partial charge < -0.3 is 9.84 Å². The summed E-state index contributed by atoms with van der Waals surface area (Å²) < 4.78 is 5.73. The smallest absolute Gasteiger partial charge is 0.135 e. The first-order chi connectivity index (χ1) is 9.72. The third kappa shape index (κ3) is 3.68. The van der Waals surface area contributed by atoms with E-state index in [1.54, 1.807) is 6.07 Å². The lowest BCUT2D eigenvalue weighted by molar-refractivity contribution is 0.305. The maximum absolute atomic E-state index is 8.75. The molecule has 0 saturated heterocycles. The van der Waals surface area contributed by atoms with Crippen molar-refractivity contribution in [1.82, 2.24) is 0 Å². The van der Waals surface area contributed by atoms with E-state index in [4.69, 9.17) is 33.0 Å². The normalized spacial score (nSPS) is 9.75. The van der Waals surface area contributed by atoms with Gasteiger partial charge in [0, 0.05) is 5.56 Å². The minimum atomic E-state index is -0.186. The molecule has 0 aliphatic carbocycles. The van der Waals surface area contributed by atoms with E-state index in [2.05, 4.69) is 11.8 Å². The van der Waals surface area contributed by atoms with Gasteiger partial charge in [-0.2, -0.15) is 0 Å². The molecule has 0 bridgehead atoms. The van der Waals surface area contributed by atoms with Crippen molar-refractivity contribution in [2.75, 3.05) is 6.61 Å². The van der Waals surface area contributed by atoms with Crippen LogP contribution in [0.3, 0.4) is 0 Å². The van der Waals surface area contributed by atoms with Gasteiger partial charge in [0.15, 0.2) is 0 Å². The standard InChI is InChI=1S/C16H12Cl2O2/c17-14-8-3-6-13(16(14)18)11-20-15-9-2-1-5-12(15)7-4-10-19/h1-3,5-6,8-9,19H,10-11H2. The van der Waals surface area contributed by atoms with E-state index < -0.39 is 0 Å². The zero-order chi connectivity index (χ0) is 14.4. The summed E-state index contributed by atoms with van der Waals surface area (Å²) >= 11 is 12.1. The van der Waals surface area contributed by atoms with Crippen molar-refractivity contribution in [3.8, 4) is 17.6 Å². The lowest BCUT2D eigenvalue weighted by Crippen LogP contribution is -1.98. The highest BCUT2D eigenvalue weighted by Gasteiger charge is 2.06. The van der Waals surface area contributed by atoms with Crippen molar-refractivity contribution >= 4 is 23.2 Å². The minimum absolute atomic E-state index is 0.186. The van der Waals surface area contributed by atoms with Crippen LogP contribution in [-0.2, 0) is 6.61 Å². The molecule has 0 aliphatic heterocycles. The second-order valence-corrected chi connectivity index (χ2v) is 4.74. The lowest BCUT2D eigenvalue weighted by Gasteiger charge is -2.10. The summed E-state index contributed by atoms with van der Waals surface area (Å²) in [6.45, 7) is 0.117. The van der Waals surface area contributed by atoms with Gasteiger partial charge >= 0.3 is 0 Å². The molecule has 20 heavy (non-hydrogen) atoms. The molecule has 1 N–H and O–H groups in total. The fourth-order valence-electron chi connectivity index (χ4n) is 1.65. The van der Waals surface area contributed by atoms with Gasteiger partial charge in [0.1, 0.15) is 19.0 Å². The van der Waals surface area contributed by atoms with Crippen LogP contribution in [0.25, 0.3) is 0 Å². The average molecular weight is 307 g/mol. The molecule has 0 fully saturated rings. The lowest BCUT2D eigenvalue weighted by atomic mass is 10.2. The predicted molar refractivity (Wildman–Crippen MR) is 81.2 cm³/mol. The second kappa shape index (κ2) is 7.21. The van der Waals surface area contributed by atoms with E-state index in [9.17, 15) is 0 Å². The number of hydrogen-bond donors (Lipinski definition) is 1. The maximum Gasteiger partial charge on any atom is 0.135 e. The number of aliphatic hydroxyl groups is 1. The average Bonchev–Trinajstić information content (AvgIpc) is 2.47. The molecule has 4 heteroatoms. The summed E-state index contributed by atoms with van der Waals surface area (Å²) in [7, 11) is 0. The molecule has 2 aromatic rings. The molecule has 2 rings (SSSR count). The number of aliphatic hydroxyl groups excluding tert-OH is 1. The Balaban J connectivity index is 2.17. The molecule has 2 aromatic carbocycles. The fourth-order valence-corrected chi connectivity index (χ4v) is 2.02. The number of ether oxygens (including phenoxy) is 1. The van der Waals surface area contributed by atoms with Gasteiger partial charge in [-0.1, -0.05) is 59.3 Å². The van der Waals surface area contributed by atoms with Gasteiger partial charge in [-0.25, -0.2) is 0 Å². The van der Waals surface area contributed by atoms with Crippen molar-refractivity contribution in [2.24, 2.45) is 0 Å². The van der Waals surface area contributed by atoms with Crippen LogP contribution >= 0.6 is 23.2 Å². The van der Waals surface area contributed by atoms with E-state index in [0.29, 0.717) is 22.4 Å². The monoisotopic (exact) mass is 306 g/mol. The highest BCUT2D eigenvalue weighted by molar-refractivity contribution is 6.42. The quantitative estimate of drug-likeness (QED) is 0.871. The number of hydrogen-bond acceptors (Lipinski definition) is 2.